The lowest BCUT2D eigenvalue weighted by Crippen LogP contribution is -2.44. The van der Waals surface area contributed by atoms with Gasteiger partial charge in [0, 0.05) is 22.0 Å². The first-order chi connectivity index (χ1) is 12.5. The summed E-state index contributed by atoms with van der Waals surface area (Å²) in [4.78, 5) is 2.53. The van der Waals surface area contributed by atoms with E-state index < -0.39 is 0 Å². The Morgan fingerprint density at radius 3 is 2.54 bits per heavy atom. The molecule has 2 aromatic carbocycles. The molecule has 1 aliphatic heterocycles. The number of rotatable bonds is 1. The van der Waals surface area contributed by atoms with E-state index in [9.17, 15) is 0 Å². The maximum Gasteiger partial charge on any atom is 0.135 e. The minimum Gasteiger partial charge on any atom is -0.456 e. The van der Waals surface area contributed by atoms with Crippen LogP contribution in [0.2, 0.25) is 0 Å². The number of furan rings is 1. The summed E-state index contributed by atoms with van der Waals surface area (Å²) < 4.78 is 6.09. The zero-order valence-electron chi connectivity index (χ0n) is 16.1. The Bertz CT molecular complexity index is 974. The Balaban J connectivity index is 1.69. The van der Waals surface area contributed by atoms with E-state index in [2.05, 4.69) is 62.5 Å². The lowest BCUT2D eigenvalue weighted by molar-refractivity contribution is 0.263. The van der Waals surface area contributed by atoms with Crippen LogP contribution in [0.1, 0.15) is 57.9 Å². The number of para-hydroxylation sites is 1. The predicted octanol–water partition coefficient (Wildman–Crippen LogP) is 6.87. The van der Waals surface area contributed by atoms with Gasteiger partial charge in [-0.1, -0.05) is 51.3 Å². The third-order valence-electron chi connectivity index (χ3n) is 6.38. The minimum absolute atomic E-state index is 0.136. The number of fused-ring (bicyclic) bond motifs is 3. The fraction of sp³-hybridized carbons (Fsp3) is 0.458. The Kier molecular flexibility index (Phi) is 3.44. The van der Waals surface area contributed by atoms with Gasteiger partial charge >= 0.3 is 0 Å². The number of benzene rings is 2. The molecule has 1 aromatic heterocycles. The predicted molar refractivity (Wildman–Crippen MR) is 108 cm³/mol. The number of hydrogen-bond acceptors (Lipinski definition) is 2. The molecule has 2 heterocycles. The van der Waals surface area contributed by atoms with Crippen molar-refractivity contribution in [1.29, 1.82) is 0 Å². The molecule has 26 heavy (non-hydrogen) atoms. The molecule has 1 aliphatic carbocycles. The van der Waals surface area contributed by atoms with Crippen molar-refractivity contribution in [2.45, 2.75) is 64.8 Å². The largest absolute Gasteiger partial charge is 0.456 e. The summed E-state index contributed by atoms with van der Waals surface area (Å²) >= 11 is 0. The van der Waals surface area contributed by atoms with E-state index in [1.54, 1.807) is 0 Å². The van der Waals surface area contributed by atoms with Crippen LogP contribution in [-0.2, 0) is 0 Å². The second-order valence-corrected chi connectivity index (χ2v) is 9.03. The van der Waals surface area contributed by atoms with Crippen molar-refractivity contribution in [3.63, 3.8) is 0 Å². The molecule has 0 atom stereocenters. The molecule has 1 saturated heterocycles. The third kappa shape index (κ3) is 2.38. The molecule has 0 unspecified atom stereocenters. The van der Waals surface area contributed by atoms with Crippen LogP contribution in [-0.4, -0.2) is 5.54 Å². The van der Waals surface area contributed by atoms with Crippen LogP contribution in [0.15, 0.2) is 40.8 Å². The van der Waals surface area contributed by atoms with Crippen LogP contribution in [0, 0.1) is 18.9 Å². The van der Waals surface area contributed by atoms with Crippen LogP contribution in [0.25, 0.3) is 21.9 Å². The van der Waals surface area contributed by atoms with Gasteiger partial charge in [0.05, 0.1) is 6.54 Å². The summed E-state index contributed by atoms with van der Waals surface area (Å²) in [7, 11) is 0. The normalized spacial score (nSPS) is 21.9. The van der Waals surface area contributed by atoms with Gasteiger partial charge < -0.3 is 9.32 Å². The van der Waals surface area contributed by atoms with E-state index in [4.69, 9.17) is 4.42 Å². The van der Waals surface area contributed by atoms with Crippen molar-refractivity contribution in [3.05, 3.63) is 48.5 Å². The van der Waals surface area contributed by atoms with E-state index in [0.29, 0.717) is 0 Å². The summed E-state index contributed by atoms with van der Waals surface area (Å²) in [5, 5.41) is 2.43. The molecule has 2 nitrogen and oxygen atoms in total. The van der Waals surface area contributed by atoms with Gasteiger partial charge in [0.15, 0.2) is 0 Å². The number of aryl methyl sites for hydroxylation is 1. The van der Waals surface area contributed by atoms with Crippen molar-refractivity contribution >= 4 is 27.6 Å². The van der Waals surface area contributed by atoms with Gasteiger partial charge in [-0.15, -0.1) is 0 Å². The average Bonchev–Trinajstić information content (AvgIpc) is 3.08. The molecule has 0 N–H and O–H groups in total. The number of hydrogen-bond donors (Lipinski definition) is 0. The summed E-state index contributed by atoms with van der Waals surface area (Å²) in [6.45, 7) is 10.7. The zero-order valence-corrected chi connectivity index (χ0v) is 16.1. The van der Waals surface area contributed by atoms with E-state index in [-0.39, 0.29) is 11.0 Å². The topological polar surface area (TPSA) is 16.4 Å². The van der Waals surface area contributed by atoms with Crippen molar-refractivity contribution < 1.29 is 4.42 Å². The molecule has 2 aliphatic rings. The highest BCUT2D eigenvalue weighted by Crippen LogP contribution is 2.53. The maximum absolute atomic E-state index is 6.09. The molecule has 1 saturated carbocycles. The third-order valence-corrected chi connectivity index (χ3v) is 6.38. The molecular weight excluding hydrogens is 318 g/mol. The molecule has 1 spiro atoms. The van der Waals surface area contributed by atoms with Crippen molar-refractivity contribution in [2.24, 2.45) is 5.41 Å². The fourth-order valence-corrected chi connectivity index (χ4v) is 5.39. The maximum atomic E-state index is 6.09. The first-order valence-electron chi connectivity index (χ1n) is 9.98. The quantitative estimate of drug-likeness (QED) is 0.478. The highest BCUT2D eigenvalue weighted by molar-refractivity contribution is 6.06. The second-order valence-electron chi connectivity index (χ2n) is 9.03. The van der Waals surface area contributed by atoms with Gasteiger partial charge in [0.2, 0.25) is 0 Å². The van der Waals surface area contributed by atoms with Gasteiger partial charge in [-0.2, -0.15) is 0 Å². The average molecular weight is 345 g/mol. The molecule has 0 bridgehead atoms. The standard InChI is InChI=1S/C24H27NO/c1-17-13-22-19(18-9-5-6-10-21(18)26-22)14-20(17)25-16-23(2,3)15-24(25)11-7-4-8-12-24/h5-6,9-10,13-14H,4,7-8,11-12,15H2,1-3H3. The highest BCUT2D eigenvalue weighted by atomic mass is 16.3. The second kappa shape index (κ2) is 5.52. The van der Waals surface area contributed by atoms with Crippen LogP contribution < -0.4 is 4.90 Å². The first-order valence-corrected chi connectivity index (χ1v) is 9.98. The lowest BCUT2D eigenvalue weighted by atomic mass is 9.75. The van der Waals surface area contributed by atoms with Crippen LogP contribution in [0.3, 0.4) is 0 Å². The first kappa shape index (κ1) is 16.2. The van der Waals surface area contributed by atoms with Gasteiger partial charge in [0.25, 0.3) is 0 Å². The summed E-state index contributed by atoms with van der Waals surface area (Å²) in [6.07, 6.45) is 7.83. The van der Waals surface area contributed by atoms with Gasteiger partial charge in [-0.25, -0.2) is 0 Å². The SMILES string of the molecule is Cc1cc2oc3ccccc3c2cc1N1[C]C(C)(C)CC12CCCCC2. The van der Waals surface area contributed by atoms with Crippen LogP contribution >= 0.6 is 0 Å². The van der Waals surface area contributed by atoms with E-state index in [1.165, 1.54) is 60.5 Å². The van der Waals surface area contributed by atoms with Crippen molar-refractivity contribution in [3.8, 4) is 0 Å². The molecular formula is C24H27NO. The molecule has 134 valence electrons. The highest BCUT2D eigenvalue weighted by Gasteiger charge is 2.50. The van der Waals surface area contributed by atoms with Gasteiger partial charge in [0.1, 0.15) is 11.2 Å². The molecule has 3 aromatic rings. The lowest BCUT2D eigenvalue weighted by Gasteiger charge is -2.43. The van der Waals surface area contributed by atoms with E-state index in [1.807, 2.05) is 6.07 Å². The van der Waals surface area contributed by atoms with E-state index in [0.717, 1.165) is 11.2 Å². The Labute approximate surface area is 156 Å². The van der Waals surface area contributed by atoms with Crippen molar-refractivity contribution in [1.82, 2.24) is 0 Å². The molecule has 2 fully saturated rings. The van der Waals surface area contributed by atoms with Gasteiger partial charge in [-0.05, 0) is 55.4 Å². The summed E-state index contributed by atoms with van der Waals surface area (Å²) in [5.74, 6) is 0. The zero-order chi connectivity index (χ0) is 17.9. The molecule has 2 radical (unpaired) electrons. The molecule has 2 heteroatoms. The number of anilines is 1. The van der Waals surface area contributed by atoms with Crippen LogP contribution in [0.5, 0.6) is 0 Å². The van der Waals surface area contributed by atoms with Gasteiger partial charge in [-0.3, -0.25) is 0 Å². The Morgan fingerprint density at radius 1 is 0.962 bits per heavy atom. The Hall–Kier alpha value is -1.96. The fourth-order valence-electron chi connectivity index (χ4n) is 5.39. The summed E-state index contributed by atoms with van der Waals surface area (Å²) in [6, 6.07) is 12.9. The molecule has 0 amide bonds. The molecule has 5 rings (SSSR count). The summed E-state index contributed by atoms with van der Waals surface area (Å²) in [5.41, 5.74) is 4.95. The minimum atomic E-state index is 0.136. The smallest absolute Gasteiger partial charge is 0.135 e. The van der Waals surface area contributed by atoms with Crippen LogP contribution in [0.4, 0.5) is 5.69 Å². The van der Waals surface area contributed by atoms with Crippen molar-refractivity contribution in [2.75, 3.05) is 4.90 Å². The Morgan fingerprint density at radius 2 is 1.73 bits per heavy atom. The van der Waals surface area contributed by atoms with E-state index >= 15 is 0 Å². The number of nitrogens with zero attached hydrogens (tertiary/aromatic N) is 1. The monoisotopic (exact) mass is 345 g/mol.